The molecule has 3 aromatic rings. The molecular formula is C21H20ClF3N4OS2. The topological polar surface area (TPSA) is 39.7 Å². The molecule has 5 rings (SSSR count). The molecule has 2 saturated heterocycles. The number of hydrogen-bond donors (Lipinski definition) is 0. The van der Waals surface area contributed by atoms with E-state index in [1.807, 2.05) is 10.3 Å². The second kappa shape index (κ2) is 8.57. The van der Waals surface area contributed by atoms with Gasteiger partial charge >= 0.3 is 6.18 Å². The Labute approximate surface area is 196 Å². The first kappa shape index (κ1) is 22.1. The van der Waals surface area contributed by atoms with Gasteiger partial charge in [0.15, 0.2) is 5.01 Å². The van der Waals surface area contributed by atoms with E-state index in [1.165, 1.54) is 34.8 Å². The van der Waals surface area contributed by atoms with Crippen LogP contribution in [0.2, 0.25) is 5.02 Å². The number of alkyl halides is 3. The van der Waals surface area contributed by atoms with E-state index in [4.69, 9.17) is 11.6 Å². The predicted molar refractivity (Wildman–Crippen MR) is 120 cm³/mol. The van der Waals surface area contributed by atoms with Crippen LogP contribution in [0.1, 0.15) is 20.2 Å². The van der Waals surface area contributed by atoms with E-state index >= 15 is 0 Å². The van der Waals surface area contributed by atoms with Gasteiger partial charge in [-0.2, -0.15) is 13.2 Å². The van der Waals surface area contributed by atoms with E-state index in [1.54, 1.807) is 6.20 Å². The number of amides is 1. The zero-order valence-electron chi connectivity index (χ0n) is 16.9. The average Bonchev–Trinajstić information content (AvgIpc) is 3.38. The van der Waals surface area contributed by atoms with Crippen LogP contribution >= 0.6 is 34.3 Å². The largest absolute Gasteiger partial charge is 0.416 e. The molecule has 32 heavy (non-hydrogen) atoms. The smallest absolute Gasteiger partial charge is 0.334 e. The molecule has 4 heterocycles. The van der Waals surface area contributed by atoms with Crippen molar-refractivity contribution in [3.8, 4) is 0 Å². The molecule has 0 spiro atoms. The van der Waals surface area contributed by atoms with Gasteiger partial charge in [0.2, 0.25) is 0 Å². The number of halogens is 4. The predicted octanol–water partition coefficient (Wildman–Crippen LogP) is 4.67. The van der Waals surface area contributed by atoms with Crippen molar-refractivity contribution >= 4 is 50.3 Å². The number of thiazole rings is 1. The van der Waals surface area contributed by atoms with E-state index in [0.717, 1.165) is 37.1 Å². The van der Waals surface area contributed by atoms with Crippen LogP contribution in [-0.4, -0.2) is 70.9 Å². The minimum Gasteiger partial charge on any atom is -0.334 e. The number of rotatable bonds is 4. The van der Waals surface area contributed by atoms with Gasteiger partial charge in [-0.1, -0.05) is 17.7 Å². The number of aromatic nitrogens is 1. The van der Waals surface area contributed by atoms with Gasteiger partial charge in [0.25, 0.3) is 5.91 Å². The minimum atomic E-state index is -4.36. The molecule has 0 saturated carbocycles. The van der Waals surface area contributed by atoms with Crippen LogP contribution in [0.5, 0.6) is 0 Å². The number of piperazine rings is 1. The van der Waals surface area contributed by atoms with E-state index in [2.05, 4.69) is 14.8 Å². The zero-order valence-corrected chi connectivity index (χ0v) is 19.3. The van der Waals surface area contributed by atoms with E-state index in [9.17, 15) is 18.0 Å². The van der Waals surface area contributed by atoms with Crippen molar-refractivity contribution < 1.29 is 18.0 Å². The van der Waals surface area contributed by atoms with Crippen molar-refractivity contribution in [2.75, 3.05) is 39.3 Å². The molecule has 11 heteroatoms. The number of fused-ring (bicyclic) bond motifs is 1. The normalized spacial score (nSPS) is 18.9. The second-order valence-electron chi connectivity index (χ2n) is 8.06. The van der Waals surface area contributed by atoms with Gasteiger partial charge in [-0.15, -0.1) is 22.7 Å². The van der Waals surface area contributed by atoms with Crippen LogP contribution in [0.15, 0.2) is 29.8 Å². The molecule has 2 fully saturated rings. The Hall–Kier alpha value is -1.72. The molecule has 0 N–H and O–H groups in total. The first-order valence-electron chi connectivity index (χ1n) is 10.2. The van der Waals surface area contributed by atoms with Gasteiger partial charge in [-0.05, 0) is 12.1 Å². The quantitative estimate of drug-likeness (QED) is 0.522. The summed E-state index contributed by atoms with van der Waals surface area (Å²) in [5, 5.41) is 3.58. The first-order chi connectivity index (χ1) is 15.3. The van der Waals surface area contributed by atoms with Crippen molar-refractivity contribution in [1.29, 1.82) is 0 Å². The summed E-state index contributed by atoms with van der Waals surface area (Å²) >= 11 is 9.17. The molecule has 1 amide bonds. The Kier molecular flexibility index (Phi) is 5.91. The molecule has 0 aliphatic carbocycles. The third-order valence-corrected chi connectivity index (χ3v) is 8.50. The molecule has 0 atom stereocenters. The Morgan fingerprint density at radius 2 is 1.94 bits per heavy atom. The van der Waals surface area contributed by atoms with Crippen molar-refractivity contribution in [1.82, 2.24) is 19.7 Å². The Bertz CT molecular complexity index is 1120. The van der Waals surface area contributed by atoms with E-state index in [0.29, 0.717) is 45.8 Å². The fourth-order valence-corrected chi connectivity index (χ4v) is 6.43. The van der Waals surface area contributed by atoms with Crippen LogP contribution in [0, 0.1) is 0 Å². The Balaban J connectivity index is 1.15. The van der Waals surface area contributed by atoms with Gasteiger partial charge in [0.05, 0.1) is 10.6 Å². The number of carbonyl (C=O) groups is 1. The highest BCUT2D eigenvalue weighted by atomic mass is 35.5. The maximum atomic E-state index is 13.0. The lowest BCUT2D eigenvalue weighted by molar-refractivity contribution is -0.137. The maximum Gasteiger partial charge on any atom is 0.416 e. The summed E-state index contributed by atoms with van der Waals surface area (Å²) in [6, 6.07) is 4.16. The van der Waals surface area contributed by atoms with Gasteiger partial charge in [-0.25, -0.2) is 4.98 Å². The molecule has 0 radical (unpaired) electrons. The summed E-state index contributed by atoms with van der Waals surface area (Å²) in [5.74, 6) is 0.00275. The number of likely N-dealkylation sites (tertiary alicyclic amines) is 1. The Morgan fingerprint density at radius 1 is 1.19 bits per heavy atom. The van der Waals surface area contributed by atoms with Gasteiger partial charge in [0.1, 0.15) is 0 Å². The summed E-state index contributed by atoms with van der Waals surface area (Å²) in [4.78, 5) is 24.0. The van der Waals surface area contributed by atoms with Crippen LogP contribution in [0.4, 0.5) is 13.2 Å². The lowest BCUT2D eigenvalue weighted by Crippen LogP contribution is -2.63. The molecule has 1 aromatic carbocycles. The maximum absolute atomic E-state index is 13.0. The van der Waals surface area contributed by atoms with Crippen molar-refractivity contribution in [3.05, 3.63) is 50.2 Å². The SMILES string of the molecule is O=C(c1nccs1)N1CCN(C2CN(Cc3sc4cc(C(F)(F)F)ccc4c3Cl)C2)CC1. The van der Waals surface area contributed by atoms with E-state index in [-0.39, 0.29) is 5.91 Å². The fraction of sp³-hybridized carbons (Fsp3) is 0.429. The number of hydrogen-bond acceptors (Lipinski definition) is 6. The summed E-state index contributed by atoms with van der Waals surface area (Å²) < 4.78 is 39.5. The standard InChI is InChI=1S/C21H20ClF3N4OS2/c22-18-15-2-1-13(21(23,24)25)9-16(15)32-17(18)12-27-10-14(11-27)28-4-6-29(7-5-28)20(30)19-26-3-8-31-19/h1-3,8-9,14H,4-7,10-12H2. The van der Waals surface area contributed by atoms with Crippen molar-refractivity contribution in [3.63, 3.8) is 0 Å². The third kappa shape index (κ3) is 4.26. The molecule has 0 unspecified atom stereocenters. The summed E-state index contributed by atoms with van der Waals surface area (Å²) in [7, 11) is 0. The highest BCUT2D eigenvalue weighted by molar-refractivity contribution is 7.19. The average molecular weight is 501 g/mol. The summed E-state index contributed by atoms with van der Waals surface area (Å²) in [6.45, 7) is 5.46. The fourth-order valence-electron chi connectivity index (χ4n) is 4.25. The van der Waals surface area contributed by atoms with Gasteiger partial charge in [0, 0.05) is 78.4 Å². The lowest BCUT2D eigenvalue weighted by Gasteiger charge is -2.48. The molecular weight excluding hydrogens is 481 g/mol. The monoisotopic (exact) mass is 500 g/mol. The summed E-state index contributed by atoms with van der Waals surface area (Å²) in [5.41, 5.74) is -0.647. The highest BCUT2D eigenvalue weighted by Gasteiger charge is 2.35. The highest BCUT2D eigenvalue weighted by Crippen LogP contribution is 2.40. The zero-order chi connectivity index (χ0) is 22.5. The number of benzene rings is 1. The molecule has 2 aliphatic rings. The Morgan fingerprint density at radius 3 is 2.59 bits per heavy atom. The van der Waals surface area contributed by atoms with Crippen LogP contribution in [0.3, 0.4) is 0 Å². The second-order valence-corrected chi connectivity index (χ2v) is 10.5. The third-order valence-electron chi connectivity index (χ3n) is 6.06. The molecule has 2 aliphatic heterocycles. The molecule has 0 bridgehead atoms. The van der Waals surface area contributed by atoms with Crippen LogP contribution in [0.25, 0.3) is 10.1 Å². The van der Waals surface area contributed by atoms with E-state index < -0.39 is 11.7 Å². The number of thiophene rings is 1. The van der Waals surface area contributed by atoms with Crippen LogP contribution < -0.4 is 0 Å². The van der Waals surface area contributed by atoms with Gasteiger partial charge < -0.3 is 4.90 Å². The van der Waals surface area contributed by atoms with Crippen LogP contribution in [-0.2, 0) is 12.7 Å². The number of nitrogens with zero attached hydrogens (tertiary/aromatic N) is 4. The number of carbonyl (C=O) groups excluding carboxylic acids is 1. The molecule has 5 nitrogen and oxygen atoms in total. The summed E-state index contributed by atoms with van der Waals surface area (Å²) in [6.07, 6.45) is -2.71. The minimum absolute atomic E-state index is 0.00275. The first-order valence-corrected chi connectivity index (χ1v) is 12.3. The van der Waals surface area contributed by atoms with Crippen molar-refractivity contribution in [2.24, 2.45) is 0 Å². The molecule has 2 aromatic heterocycles. The van der Waals surface area contributed by atoms with Crippen molar-refractivity contribution in [2.45, 2.75) is 18.8 Å². The lowest BCUT2D eigenvalue weighted by atomic mass is 10.1. The van der Waals surface area contributed by atoms with Gasteiger partial charge in [-0.3, -0.25) is 14.6 Å². The molecule has 170 valence electrons.